The van der Waals surface area contributed by atoms with Gasteiger partial charge in [-0.3, -0.25) is 4.79 Å². The second-order valence-corrected chi connectivity index (χ2v) is 7.74. The zero-order valence-electron chi connectivity index (χ0n) is 13.2. The van der Waals surface area contributed by atoms with Gasteiger partial charge in [0.1, 0.15) is 5.76 Å². The van der Waals surface area contributed by atoms with Gasteiger partial charge >= 0.3 is 0 Å². The number of aryl methyl sites for hydroxylation is 1. The maximum Gasteiger partial charge on any atom is 0.230 e. The molecule has 22 heavy (non-hydrogen) atoms. The fourth-order valence-corrected chi connectivity index (χ4v) is 3.72. The first-order valence-electron chi connectivity index (χ1n) is 7.45. The van der Waals surface area contributed by atoms with Crippen molar-refractivity contribution in [2.75, 3.05) is 19.3 Å². The zero-order chi connectivity index (χ0) is 16.3. The summed E-state index contributed by atoms with van der Waals surface area (Å²) in [4.78, 5) is 14.1. The van der Waals surface area contributed by atoms with E-state index in [4.69, 9.17) is 4.52 Å². The van der Waals surface area contributed by atoms with Gasteiger partial charge in [0.15, 0.2) is 0 Å². The van der Waals surface area contributed by atoms with Gasteiger partial charge in [0.05, 0.1) is 18.4 Å². The Hall–Kier alpha value is -1.41. The van der Waals surface area contributed by atoms with E-state index < -0.39 is 10.0 Å². The molecule has 8 heteroatoms. The van der Waals surface area contributed by atoms with Gasteiger partial charge in [0.2, 0.25) is 15.9 Å². The number of nitrogens with zero attached hydrogens (tertiary/aromatic N) is 2. The molecule has 0 unspecified atom stereocenters. The van der Waals surface area contributed by atoms with Gasteiger partial charge in [-0.15, -0.1) is 0 Å². The minimum Gasteiger partial charge on any atom is -0.361 e. The summed E-state index contributed by atoms with van der Waals surface area (Å²) in [6, 6.07) is 1.53. The second kappa shape index (κ2) is 6.78. The Morgan fingerprint density at radius 1 is 1.50 bits per heavy atom. The normalized spacial score (nSPS) is 22.2. The molecule has 2 rings (SSSR count). The Morgan fingerprint density at radius 2 is 2.23 bits per heavy atom. The van der Waals surface area contributed by atoms with Gasteiger partial charge in [0, 0.05) is 25.2 Å². The molecule has 124 valence electrons. The molecule has 0 aliphatic carbocycles. The first-order valence-corrected chi connectivity index (χ1v) is 9.35. The van der Waals surface area contributed by atoms with Crippen molar-refractivity contribution in [3.63, 3.8) is 0 Å². The molecule has 1 saturated heterocycles. The Bertz CT molecular complexity index is 626. The monoisotopic (exact) mass is 329 g/mol. The van der Waals surface area contributed by atoms with Crippen LogP contribution in [-0.4, -0.2) is 49.8 Å². The van der Waals surface area contributed by atoms with E-state index in [1.807, 2.05) is 0 Å². The van der Waals surface area contributed by atoms with Crippen LogP contribution in [0.3, 0.4) is 0 Å². The highest BCUT2D eigenvalue weighted by Gasteiger charge is 2.36. The molecule has 1 N–H and O–H groups in total. The van der Waals surface area contributed by atoms with E-state index in [1.54, 1.807) is 17.9 Å². The van der Waals surface area contributed by atoms with Crippen LogP contribution in [0.5, 0.6) is 0 Å². The van der Waals surface area contributed by atoms with Crippen LogP contribution in [0.15, 0.2) is 10.6 Å². The third-order valence-corrected chi connectivity index (χ3v) is 4.55. The van der Waals surface area contributed by atoms with Gasteiger partial charge in [-0.2, -0.15) is 0 Å². The van der Waals surface area contributed by atoms with E-state index in [9.17, 15) is 13.2 Å². The van der Waals surface area contributed by atoms with Gasteiger partial charge in [-0.05, 0) is 19.3 Å². The lowest BCUT2D eigenvalue weighted by atomic mass is 9.99. The molecule has 1 aromatic rings. The fraction of sp³-hybridized carbons (Fsp3) is 0.714. The average Bonchev–Trinajstić information content (AvgIpc) is 2.96. The Labute approximate surface area is 131 Å². The molecule has 1 aliphatic heterocycles. The molecule has 0 radical (unpaired) electrons. The summed E-state index contributed by atoms with van der Waals surface area (Å²) >= 11 is 0. The van der Waals surface area contributed by atoms with E-state index in [1.165, 1.54) is 0 Å². The third-order valence-electron chi connectivity index (χ3n) is 3.82. The molecule has 1 amide bonds. The number of aromatic nitrogens is 1. The van der Waals surface area contributed by atoms with Gasteiger partial charge in [-0.1, -0.05) is 18.5 Å². The van der Waals surface area contributed by atoms with Gasteiger partial charge < -0.3 is 9.42 Å². The van der Waals surface area contributed by atoms with Crippen LogP contribution in [0.2, 0.25) is 0 Å². The molecule has 1 fully saturated rings. The lowest BCUT2D eigenvalue weighted by molar-refractivity contribution is -0.129. The zero-order valence-corrected chi connectivity index (χ0v) is 14.0. The smallest absolute Gasteiger partial charge is 0.230 e. The molecule has 0 bridgehead atoms. The minimum atomic E-state index is -3.28. The largest absolute Gasteiger partial charge is 0.361 e. The van der Waals surface area contributed by atoms with Crippen LogP contribution in [0.25, 0.3) is 0 Å². The number of hydrogen-bond donors (Lipinski definition) is 1. The van der Waals surface area contributed by atoms with Crippen molar-refractivity contribution in [2.24, 2.45) is 5.92 Å². The molecular weight excluding hydrogens is 306 g/mol. The first kappa shape index (κ1) is 17.0. The van der Waals surface area contributed by atoms with Crippen molar-refractivity contribution in [1.29, 1.82) is 0 Å². The highest BCUT2D eigenvalue weighted by molar-refractivity contribution is 7.88. The van der Waals surface area contributed by atoms with Crippen LogP contribution in [0.1, 0.15) is 31.2 Å². The molecule has 1 aromatic heterocycles. The summed E-state index contributed by atoms with van der Waals surface area (Å²) in [5.41, 5.74) is 0.740. The number of sulfonamides is 1. The van der Waals surface area contributed by atoms with Gasteiger partial charge in [0.25, 0.3) is 0 Å². The van der Waals surface area contributed by atoms with Crippen molar-refractivity contribution in [3.8, 4) is 0 Å². The SMILES string of the molecule is CCC[C@H]1CN(C(=O)Cc2cc(C)no2)C[C@@H]1NS(C)(=O)=O. The number of carbonyl (C=O) groups is 1. The van der Waals surface area contributed by atoms with Crippen LogP contribution < -0.4 is 4.72 Å². The van der Waals surface area contributed by atoms with Crippen LogP contribution in [-0.2, 0) is 21.2 Å². The van der Waals surface area contributed by atoms with Crippen LogP contribution in [0.4, 0.5) is 0 Å². The molecule has 2 heterocycles. The summed E-state index contributed by atoms with van der Waals surface area (Å²) in [5, 5.41) is 3.77. The topological polar surface area (TPSA) is 92.5 Å². The number of carbonyl (C=O) groups excluding carboxylic acids is 1. The maximum atomic E-state index is 12.3. The lowest BCUT2D eigenvalue weighted by Crippen LogP contribution is -2.40. The highest BCUT2D eigenvalue weighted by atomic mass is 32.2. The van der Waals surface area contributed by atoms with Crippen molar-refractivity contribution in [2.45, 2.75) is 39.2 Å². The van der Waals surface area contributed by atoms with Crippen LogP contribution >= 0.6 is 0 Å². The second-order valence-electron chi connectivity index (χ2n) is 5.96. The van der Waals surface area contributed by atoms with Crippen LogP contribution in [0, 0.1) is 12.8 Å². The molecule has 0 aromatic carbocycles. The van der Waals surface area contributed by atoms with E-state index in [2.05, 4.69) is 16.8 Å². The summed E-state index contributed by atoms with van der Waals surface area (Å²) < 4.78 is 30.7. The Morgan fingerprint density at radius 3 is 2.77 bits per heavy atom. The van der Waals surface area contributed by atoms with E-state index in [-0.39, 0.29) is 24.3 Å². The number of likely N-dealkylation sites (tertiary alicyclic amines) is 1. The quantitative estimate of drug-likeness (QED) is 0.829. The number of hydrogen-bond acceptors (Lipinski definition) is 5. The minimum absolute atomic E-state index is 0.0601. The molecular formula is C14H23N3O4S. The predicted molar refractivity (Wildman–Crippen MR) is 81.7 cm³/mol. The lowest BCUT2D eigenvalue weighted by Gasteiger charge is -2.17. The van der Waals surface area contributed by atoms with Crippen molar-refractivity contribution < 1.29 is 17.7 Å². The first-order chi connectivity index (χ1) is 10.3. The summed E-state index contributed by atoms with van der Waals surface area (Å²) in [5.74, 6) is 0.629. The van der Waals surface area contributed by atoms with E-state index >= 15 is 0 Å². The van der Waals surface area contributed by atoms with Crippen molar-refractivity contribution in [1.82, 2.24) is 14.8 Å². The molecule has 2 atom stereocenters. The Balaban J connectivity index is 2.01. The molecule has 1 aliphatic rings. The standard InChI is InChI=1S/C14H23N3O4S/c1-4-5-11-8-17(9-13(11)16-22(3,19)20)14(18)7-12-6-10(2)15-21-12/h6,11,13,16H,4-5,7-9H2,1-3H3/t11-,13-/m0/s1. The fourth-order valence-electron chi connectivity index (χ4n) is 2.91. The number of nitrogens with one attached hydrogen (secondary N) is 1. The van der Waals surface area contributed by atoms with E-state index in [0.29, 0.717) is 18.8 Å². The summed E-state index contributed by atoms with van der Waals surface area (Å²) in [6.07, 6.45) is 3.15. The number of rotatable bonds is 6. The number of amides is 1. The molecule has 0 saturated carbocycles. The van der Waals surface area contributed by atoms with Crippen molar-refractivity contribution >= 4 is 15.9 Å². The van der Waals surface area contributed by atoms with Crippen molar-refractivity contribution in [3.05, 3.63) is 17.5 Å². The maximum absolute atomic E-state index is 12.3. The molecule has 0 spiro atoms. The van der Waals surface area contributed by atoms with Gasteiger partial charge in [-0.25, -0.2) is 13.1 Å². The summed E-state index contributed by atoms with van der Waals surface area (Å²) in [7, 11) is -3.28. The Kier molecular flexibility index (Phi) is 5.23. The summed E-state index contributed by atoms with van der Waals surface area (Å²) in [6.45, 7) is 4.84. The molecule has 7 nitrogen and oxygen atoms in total. The van der Waals surface area contributed by atoms with E-state index in [0.717, 1.165) is 24.8 Å². The third kappa shape index (κ3) is 4.54. The highest BCUT2D eigenvalue weighted by Crippen LogP contribution is 2.23. The predicted octanol–water partition coefficient (Wildman–Crippen LogP) is 0.702. The average molecular weight is 329 g/mol.